The second-order valence-electron chi connectivity index (χ2n) is 5.03. The van der Waals surface area contributed by atoms with Crippen LogP contribution < -0.4 is 4.74 Å². The Hall–Kier alpha value is -2.58. The lowest BCUT2D eigenvalue weighted by molar-refractivity contribution is 0.326. The average Bonchev–Trinajstić information content (AvgIpc) is 2.89. The molecule has 0 aliphatic heterocycles. The Kier molecular flexibility index (Phi) is 5.56. The van der Waals surface area contributed by atoms with Gasteiger partial charge in [-0.05, 0) is 25.1 Å². The van der Waals surface area contributed by atoms with Gasteiger partial charge in [0.2, 0.25) is 5.89 Å². The van der Waals surface area contributed by atoms with Crippen molar-refractivity contribution in [2.75, 3.05) is 20.2 Å². The van der Waals surface area contributed by atoms with Gasteiger partial charge in [0.05, 0.1) is 19.3 Å². The lowest BCUT2D eigenvalue weighted by atomic mass is 10.2. The van der Waals surface area contributed by atoms with Crippen molar-refractivity contribution in [2.24, 2.45) is 0 Å². The predicted octanol–water partition coefficient (Wildman–Crippen LogP) is 3.42. The summed E-state index contributed by atoms with van der Waals surface area (Å²) in [6.07, 6.45) is 7.16. The molecule has 0 bridgehead atoms. The molecule has 5 heteroatoms. The lowest BCUT2D eigenvalue weighted by Gasteiger charge is -2.15. The number of benzene rings is 1. The van der Waals surface area contributed by atoms with Gasteiger partial charge in [-0.25, -0.2) is 9.37 Å². The van der Waals surface area contributed by atoms with Crippen LogP contribution in [-0.2, 0) is 6.54 Å². The molecule has 120 valence electrons. The molecule has 0 radical (unpaired) electrons. The second kappa shape index (κ2) is 7.61. The van der Waals surface area contributed by atoms with E-state index in [1.165, 1.54) is 13.2 Å². The minimum Gasteiger partial charge on any atom is -0.494 e. The summed E-state index contributed by atoms with van der Waals surface area (Å²) < 4.78 is 24.2. The van der Waals surface area contributed by atoms with Crippen molar-refractivity contribution in [1.82, 2.24) is 9.88 Å². The molecular formula is C18H19FN2O2. The standard InChI is InChI=1S/C18H19FN2O2/c1-5-9-21(10-6-2)12-16-13(3)23-18(20-16)14-7-8-15(19)17(11-14)22-4/h1,6-8,11H,2,9-10,12H2,3-4H3. The smallest absolute Gasteiger partial charge is 0.226 e. The third kappa shape index (κ3) is 3.99. The van der Waals surface area contributed by atoms with Crippen molar-refractivity contribution in [1.29, 1.82) is 0 Å². The van der Waals surface area contributed by atoms with E-state index < -0.39 is 5.82 Å². The molecule has 0 aliphatic rings. The Morgan fingerprint density at radius 2 is 2.30 bits per heavy atom. The van der Waals surface area contributed by atoms with Crippen molar-refractivity contribution in [2.45, 2.75) is 13.5 Å². The number of methoxy groups -OCH3 is 1. The zero-order chi connectivity index (χ0) is 16.8. The van der Waals surface area contributed by atoms with Gasteiger partial charge in [0, 0.05) is 18.7 Å². The molecule has 2 aromatic rings. The summed E-state index contributed by atoms with van der Waals surface area (Å²) >= 11 is 0. The van der Waals surface area contributed by atoms with E-state index in [4.69, 9.17) is 15.6 Å². The summed E-state index contributed by atoms with van der Waals surface area (Å²) in [6.45, 7) is 7.29. The van der Waals surface area contributed by atoms with Gasteiger partial charge in [0.25, 0.3) is 0 Å². The topological polar surface area (TPSA) is 38.5 Å². The first-order chi connectivity index (χ1) is 11.1. The number of aromatic nitrogens is 1. The fourth-order valence-electron chi connectivity index (χ4n) is 2.20. The molecule has 23 heavy (non-hydrogen) atoms. The van der Waals surface area contributed by atoms with E-state index in [0.717, 1.165) is 5.69 Å². The van der Waals surface area contributed by atoms with Crippen LogP contribution in [0, 0.1) is 25.1 Å². The maximum atomic E-state index is 13.5. The first kappa shape index (κ1) is 16.8. The fraction of sp³-hybridized carbons (Fsp3) is 0.278. The van der Waals surface area contributed by atoms with Crippen LogP contribution in [0.25, 0.3) is 11.5 Å². The maximum Gasteiger partial charge on any atom is 0.226 e. The molecule has 0 fully saturated rings. The SMILES string of the molecule is C#CCN(CC=C)Cc1nc(-c2ccc(F)c(OC)c2)oc1C. The van der Waals surface area contributed by atoms with Crippen LogP contribution in [-0.4, -0.2) is 30.1 Å². The van der Waals surface area contributed by atoms with E-state index in [9.17, 15) is 4.39 Å². The van der Waals surface area contributed by atoms with E-state index in [1.807, 2.05) is 11.8 Å². The van der Waals surface area contributed by atoms with Gasteiger partial charge in [-0.1, -0.05) is 12.0 Å². The van der Waals surface area contributed by atoms with Crippen molar-refractivity contribution in [3.05, 3.63) is 48.1 Å². The third-order valence-corrected chi connectivity index (χ3v) is 3.37. The molecule has 0 spiro atoms. The summed E-state index contributed by atoms with van der Waals surface area (Å²) in [6, 6.07) is 4.50. The van der Waals surface area contributed by atoms with E-state index in [1.54, 1.807) is 18.2 Å². The molecule has 0 N–H and O–H groups in total. The fourth-order valence-corrected chi connectivity index (χ4v) is 2.20. The Morgan fingerprint density at radius 3 is 2.96 bits per heavy atom. The number of oxazole rings is 1. The molecule has 1 aromatic heterocycles. The van der Waals surface area contributed by atoms with Crippen LogP contribution >= 0.6 is 0 Å². The highest BCUT2D eigenvalue weighted by Gasteiger charge is 2.15. The van der Waals surface area contributed by atoms with Gasteiger partial charge < -0.3 is 9.15 Å². The van der Waals surface area contributed by atoms with Gasteiger partial charge in [-0.3, -0.25) is 4.90 Å². The summed E-state index contributed by atoms with van der Waals surface area (Å²) in [5.41, 5.74) is 1.45. The molecule has 4 nitrogen and oxygen atoms in total. The number of terminal acetylenes is 1. The van der Waals surface area contributed by atoms with Crippen molar-refractivity contribution >= 4 is 0 Å². The normalized spacial score (nSPS) is 10.6. The first-order valence-corrected chi connectivity index (χ1v) is 7.16. The van der Waals surface area contributed by atoms with Crippen LogP contribution in [0.2, 0.25) is 0 Å². The van der Waals surface area contributed by atoms with Gasteiger partial charge >= 0.3 is 0 Å². The quantitative estimate of drug-likeness (QED) is 0.580. The number of aryl methyl sites for hydroxylation is 1. The molecule has 0 aliphatic carbocycles. The van der Waals surface area contributed by atoms with Crippen LogP contribution in [0.15, 0.2) is 35.3 Å². The molecule has 0 saturated heterocycles. The third-order valence-electron chi connectivity index (χ3n) is 3.37. The van der Waals surface area contributed by atoms with Gasteiger partial charge in [-0.2, -0.15) is 0 Å². The molecule has 0 unspecified atom stereocenters. The number of halogens is 1. The molecule has 2 rings (SSSR count). The number of hydrogen-bond donors (Lipinski definition) is 0. The van der Waals surface area contributed by atoms with E-state index in [0.29, 0.717) is 36.8 Å². The predicted molar refractivity (Wildman–Crippen MR) is 87.5 cm³/mol. The van der Waals surface area contributed by atoms with Crippen LogP contribution in [0.5, 0.6) is 5.75 Å². The van der Waals surface area contributed by atoms with Gasteiger partial charge in [0.1, 0.15) is 5.76 Å². The Morgan fingerprint density at radius 1 is 1.52 bits per heavy atom. The Bertz CT molecular complexity index is 731. The molecule has 0 amide bonds. The number of nitrogens with zero attached hydrogens (tertiary/aromatic N) is 2. The molecule has 1 heterocycles. The second-order valence-corrected chi connectivity index (χ2v) is 5.03. The highest BCUT2D eigenvalue weighted by molar-refractivity contribution is 5.56. The summed E-state index contributed by atoms with van der Waals surface area (Å²) in [5.74, 6) is 3.47. The van der Waals surface area contributed by atoms with E-state index in [-0.39, 0.29) is 5.75 Å². The Labute approximate surface area is 135 Å². The lowest BCUT2D eigenvalue weighted by Crippen LogP contribution is -2.24. The number of hydrogen-bond acceptors (Lipinski definition) is 4. The molecule has 1 aromatic carbocycles. The number of rotatable bonds is 7. The zero-order valence-corrected chi connectivity index (χ0v) is 13.3. The molecular weight excluding hydrogens is 295 g/mol. The summed E-state index contributed by atoms with van der Waals surface area (Å²) in [7, 11) is 1.42. The highest BCUT2D eigenvalue weighted by atomic mass is 19.1. The average molecular weight is 314 g/mol. The van der Waals surface area contributed by atoms with Gasteiger partial charge in [-0.15, -0.1) is 13.0 Å². The zero-order valence-electron chi connectivity index (χ0n) is 13.3. The molecule has 0 atom stereocenters. The minimum atomic E-state index is -0.425. The van der Waals surface area contributed by atoms with Crippen LogP contribution in [0.4, 0.5) is 4.39 Å². The van der Waals surface area contributed by atoms with E-state index in [2.05, 4.69) is 17.5 Å². The van der Waals surface area contributed by atoms with Crippen molar-refractivity contribution in [3.8, 4) is 29.5 Å². The van der Waals surface area contributed by atoms with Crippen molar-refractivity contribution < 1.29 is 13.5 Å². The monoisotopic (exact) mass is 314 g/mol. The van der Waals surface area contributed by atoms with Crippen LogP contribution in [0.1, 0.15) is 11.5 Å². The molecule has 0 saturated carbocycles. The Balaban J connectivity index is 2.27. The minimum absolute atomic E-state index is 0.153. The van der Waals surface area contributed by atoms with E-state index >= 15 is 0 Å². The van der Waals surface area contributed by atoms with Crippen molar-refractivity contribution in [3.63, 3.8) is 0 Å². The summed E-state index contributed by atoms with van der Waals surface area (Å²) in [5, 5.41) is 0. The first-order valence-electron chi connectivity index (χ1n) is 7.16. The van der Waals surface area contributed by atoms with Crippen LogP contribution in [0.3, 0.4) is 0 Å². The largest absolute Gasteiger partial charge is 0.494 e. The summed E-state index contributed by atoms with van der Waals surface area (Å²) in [4.78, 5) is 6.52. The highest BCUT2D eigenvalue weighted by Crippen LogP contribution is 2.27. The number of ether oxygens (including phenoxy) is 1. The van der Waals surface area contributed by atoms with Gasteiger partial charge in [0.15, 0.2) is 11.6 Å². The maximum absolute atomic E-state index is 13.5.